The summed E-state index contributed by atoms with van der Waals surface area (Å²) in [6.07, 6.45) is 0. The molecule has 0 N–H and O–H groups in total. The van der Waals surface area contributed by atoms with Gasteiger partial charge in [-0.25, -0.2) is 0 Å². The van der Waals surface area contributed by atoms with Crippen LogP contribution in [0.25, 0.3) is 0 Å². The van der Waals surface area contributed by atoms with E-state index >= 15 is 0 Å². The molecule has 40 valence electrons. The minimum Gasteiger partial charge on any atom is -1.00 e. The average molecular weight is 244 g/mol. The van der Waals surface area contributed by atoms with Crippen LogP contribution in [0.2, 0.25) is 0 Å². The van der Waals surface area contributed by atoms with Crippen LogP contribution in [0.15, 0.2) is 0 Å². The van der Waals surface area contributed by atoms with Crippen molar-refractivity contribution < 1.29 is 33.4 Å². The summed E-state index contributed by atoms with van der Waals surface area (Å²) >= 11 is 0. The van der Waals surface area contributed by atoms with Crippen molar-refractivity contribution in [3.63, 3.8) is 0 Å². The molecule has 0 aromatic rings. The molecule has 0 unspecified atom stereocenters. The molecule has 0 radical (unpaired) electrons. The zero-order chi connectivity index (χ0) is 3.58. The smallest absolute Gasteiger partial charge is 1.00 e. The number of hydrogen-bond acceptors (Lipinski definition) is 3. The average Bonchev–Trinajstić information content (AvgIpc) is 0.811. The molecule has 8 heteroatoms. The molecule has 0 saturated carbocycles. The topological polar surface area (TPSA) is 66.2 Å². The predicted octanol–water partition coefficient (Wildman–Crippen LogP) is -9.61. The first-order valence-electron chi connectivity index (χ1n) is 0.548. The molecule has 0 bridgehead atoms. The van der Waals surface area contributed by atoms with E-state index in [1.807, 2.05) is 0 Å². The Hall–Kier alpha value is 1.23. The van der Waals surface area contributed by atoms with Crippen LogP contribution in [-0.2, 0) is 0 Å². The largest absolute Gasteiger partial charge is 2.00 e. The van der Waals surface area contributed by atoms with Gasteiger partial charge >= 0.3 is 67.7 Å². The fraction of sp³-hybridized carbons (Fsp3) is 0. The van der Waals surface area contributed by atoms with E-state index in [-0.39, 0.29) is 77.2 Å². The molecular formula is BaF2LiNO3. The van der Waals surface area contributed by atoms with Crippen LogP contribution in [0.3, 0.4) is 0 Å². The second-order valence-corrected chi connectivity index (χ2v) is 0.224. The molecule has 0 aliphatic carbocycles. The fourth-order valence-electron chi connectivity index (χ4n) is 0. The van der Waals surface area contributed by atoms with Crippen molar-refractivity contribution in [1.82, 2.24) is 0 Å². The third-order valence-electron chi connectivity index (χ3n) is 0. The van der Waals surface area contributed by atoms with Crippen LogP contribution in [0.4, 0.5) is 0 Å². The Morgan fingerprint density at radius 2 is 1.12 bits per heavy atom. The van der Waals surface area contributed by atoms with Crippen molar-refractivity contribution >= 4 is 48.9 Å². The van der Waals surface area contributed by atoms with Gasteiger partial charge in [-0.1, -0.05) is 0 Å². The van der Waals surface area contributed by atoms with Gasteiger partial charge in [-0.2, -0.15) is 0 Å². The summed E-state index contributed by atoms with van der Waals surface area (Å²) in [5, 5.41) is 14.8. The standard InChI is InChI=1S/Ba.2FH.Li.NO3/c;;;;2-1(3)4/h;2*1H;;/q+2;;;+1;-1/p-2. The minimum atomic E-state index is -1.75. The van der Waals surface area contributed by atoms with Crippen molar-refractivity contribution in [3.8, 4) is 0 Å². The maximum atomic E-state index is 8.25. The van der Waals surface area contributed by atoms with Crippen LogP contribution < -0.4 is 28.3 Å². The summed E-state index contributed by atoms with van der Waals surface area (Å²) in [4.78, 5) is 8.25. The van der Waals surface area contributed by atoms with E-state index in [2.05, 4.69) is 0 Å². The molecule has 0 aliphatic rings. The van der Waals surface area contributed by atoms with Crippen LogP contribution in [-0.4, -0.2) is 54.0 Å². The van der Waals surface area contributed by atoms with Gasteiger partial charge < -0.3 is 24.7 Å². The molecule has 0 saturated heterocycles. The van der Waals surface area contributed by atoms with Gasteiger partial charge in [0.2, 0.25) is 0 Å². The molecule has 8 heavy (non-hydrogen) atoms. The van der Waals surface area contributed by atoms with E-state index in [9.17, 15) is 0 Å². The third-order valence-corrected chi connectivity index (χ3v) is 0. The Morgan fingerprint density at radius 1 is 1.12 bits per heavy atom. The molecule has 4 nitrogen and oxygen atoms in total. The van der Waals surface area contributed by atoms with Crippen molar-refractivity contribution in [1.29, 1.82) is 0 Å². The van der Waals surface area contributed by atoms with Crippen LogP contribution in [0.5, 0.6) is 0 Å². The normalized spacial score (nSPS) is 3.00. The molecule has 0 aliphatic heterocycles. The second-order valence-electron chi connectivity index (χ2n) is 0.224. The van der Waals surface area contributed by atoms with Gasteiger partial charge in [0, 0.05) is 0 Å². The predicted molar refractivity (Wildman–Crippen MR) is 16.1 cm³/mol. The van der Waals surface area contributed by atoms with Crippen LogP contribution in [0.1, 0.15) is 0 Å². The summed E-state index contributed by atoms with van der Waals surface area (Å²) in [7, 11) is 0. The van der Waals surface area contributed by atoms with E-state index in [1.165, 1.54) is 0 Å². The monoisotopic (exact) mass is 245 g/mol. The maximum absolute atomic E-state index is 8.25. The van der Waals surface area contributed by atoms with Crippen LogP contribution in [0, 0.1) is 15.3 Å². The Morgan fingerprint density at radius 3 is 1.12 bits per heavy atom. The van der Waals surface area contributed by atoms with E-state index < -0.39 is 5.09 Å². The number of nitrogens with zero attached hydrogens (tertiary/aromatic N) is 1. The summed E-state index contributed by atoms with van der Waals surface area (Å²) in [6.45, 7) is 0. The van der Waals surface area contributed by atoms with Gasteiger partial charge in [0.1, 0.15) is 0 Å². The molecule has 0 aromatic heterocycles. The van der Waals surface area contributed by atoms with E-state index in [0.717, 1.165) is 0 Å². The molecule has 0 aromatic carbocycles. The number of hydrogen-bond donors (Lipinski definition) is 0. The summed E-state index contributed by atoms with van der Waals surface area (Å²) in [6, 6.07) is 0. The van der Waals surface area contributed by atoms with Gasteiger partial charge in [-0.05, 0) is 0 Å². The molecule has 0 amide bonds. The third kappa shape index (κ3) is 186. The number of halogens is 2. The molecule has 0 fully saturated rings. The van der Waals surface area contributed by atoms with Gasteiger partial charge in [0.15, 0.2) is 0 Å². The van der Waals surface area contributed by atoms with E-state index in [4.69, 9.17) is 15.3 Å². The Bertz CT molecular complexity index is 40.3. The molecule has 0 heterocycles. The zero-order valence-corrected chi connectivity index (χ0v) is 8.58. The minimum absolute atomic E-state index is 0. The second kappa shape index (κ2) is 24.0. The van der Waals surface area contributed by atoms with Crippen molar-refractivity contribution in [2.45, 2.75) is 0 Å². The van der Waals surface area contributed by atoms with Crippen LogP contribution >= 0.6 is 0 Å². The van der Waals surface area contributed by atoms with Gasteiger partial charge in [0.05, 0.1) is 5.09 Å². The first-order chi connectivity index (χ1) is 1.73. The quantitative estimate of drug-likeness (QED) is 0.241. The van der Waals surface area contributed by atoms with Gasteiger partial charge in [0.25, 0.3) is 0 Å². The molecule has 0 rings (SSSR count). The molecule has 0 atom stereocenters. The van der Waals surface area contributed by atoms with E-state index in [0.29, 0.717) is 0 Å². The first kappa shape index (κ1) is 34.9. The van der Waals surface area contributed by atoms with Crippen molar-refractivity contribution in [2.75, 3.05) is 0 Å². The maximum Gasteiger partial charge on any atom is 2.00 e. The zero-order valence-electron chi connectivity index (χ0n) is 4.13. The summed E-state index contributed by atoms with van der Waals surface area (Å²) < 4.78 is 0. The SMILES string of the molecule is O=[N+]([O-])[O-].[Ba+2].[F-].[F-].[Li+]. The van der Waals surface area contributed by atoms with Gasteiger partial charge in [-0.15, -0.1) is 0 Å². The number of rotatable bonds is 0. The molecule has 0 spiro atoms. The van der Waals surface area contributed by atoms with Crippen molar-refractivity contribution in [3.05, 3.63) is 15.3 Å². The van der Waals surface area contributed by atoms with Crippen molar-refractivity contribution in [2.24, 2.45) is 0 Å². The molecular weight excluding hydrogens is 244 g/mol. The Balaban J connectivity index is -0.00000000750. The fourth-order valence-corrected chi connectivity index (χ4v) is 0. The summed E-state index contributed by atoms with van der Waals surface area (Å²) in [5.41, 5.74) is 0. The van der Waals surface area contributed by atoms with Gasteiger partial charge in [-0.3, -0.25) is 0 Å². The van der Waals surface area contributed by atoms with E-state index in [1.54, 1.807) is 0 Å². The first-order valence-corrected chi connectivity index (χ1v) is 0.548. The Labute approximate surface area is 96.1 Å². The summed E-state index contributed by atoms with van der Waals surface area (Å²) in [5.74, 6) is 0. The Kier molecular flexibility index (Phi) is 105.